The smallest absolute Gasteiger partial charge is 0.229 e. The number of ether oxygens (including phenoxy) is 2. The first kappa shape index (κ1) is 15.5. The number of aromatic nitrogens is 4. The van der Waals surface area contributed by atoms with Crippen LogP contribution in [0.25, 0.3) is 0 Å². The molecule has 1 aliphatic rings. The fourth-order valence-electron chi connectivity index (χ4n) is 2.79. The van der Waals surface area contributed by atoms with Gasteiger partial charge >= 0.3 is 0 Å². The third-order valence-corrected chi connectivity index (χ3v) is 4.09. The Morgan fingerprint density at radius 2 is 1.91 bits per heavy atom. The van der Waals surface area contributed by atoms with Gasteiger partial charge in [0.15, 0.2) is 0 Å². The Balaban J connectivity index is 1.86. The second kappa shape index (κ2) is 6.41. The lowest BCUT2D eigenvalue weighted by Crippen LogP contribution is -2.36. The molecule has 2 heterocycles. The van der Waals surface area contributed by atoms with Crippen molar-refractivity contribution < 1.29 is 14.6 Å². The fourth-order valence-corrected chi connectivity index (χ4v) is 2.79. The van der Waals surface area contributed by atoms with Crippen LogP contribution in [0.15, 0.2) is 18.5 Å². The summed E-state index contributed by atoms with van der Waals surface area (Å²) in [7, 11) is 4.97. The molecule has 2 N–H and O–H groups in total. The number of anilines is 1. The van der Waals surface area contributed by atoms with Crippen LogP contribution in [-0.4, -0.2) is 45.2 Å². The van der Waals surface area contributed by atoms with Gasteiger partial charge in [0.05, 0.1) is 38.6 Å². The first-order valence-electron chi connectivity index (χ1n) is 7.49. The van der Waals surface area contributed by atoms with Gasteiger partial charge in [0.1, 0.15) is 0 Å². The third-order valence-electron chi connectivity index (χ3n) is 4.09. The van der Waals surface area contributed by atoms with Gasteiger partial charge in [-0.2, -0.15) is 15.1 Å². The van der Waals surface area contributed by atoms with Gasteiger partial charge < -0.3 is 19.9 Å². The lowest BCUT2D eigenvalue weighted by atomic mass is 9.75. The maximum Gasteiger partial charge on any atom is 0.229 e. The molecule has 0 saturated heterocycles. The number of hydrogen-bond acceptors (Lipinski definition) is 7. The molecule has 0 amide bonds. The average Bonchev–Trinajstić information content (AvgIpc) is 2.95. The standard InChI is InChI=1S/C15H21N5O3/c1-20-8-10(7-16-20)14(9-4-11(21)5-9)19-15-17-12(22-2)6-13(18-15)23-3/h6-9,11,14,21H,4-5H2,1-3H3,(H,17,18,19)/t9?,11?,14-/m1/s1. The molecule has 2 aromatic rings. The number of nitrogens with one attached hydrogen (secondary N) is 1. The van der Waals surface area contributed by atoms with E-state index in [9.17, 15) is 5.11 Å². The molecule has 124 valence electrons. The zero-order chi connectivity index (χ0) is 16.4. The van der Waals surface area contributed by atoms with Gasteiger partial charge in [-0.25, -0.2) is 0 Å². The molecule has 8 nitrogen and oxygen atoms in total. The zero-order valence-corrected chi connectivity index (χ0v) is 13.4. The van der Waals surface area contributed by atoms with Crippen molar-refractivity contribution in [1.29, 1.82) is 0 Å². The zero-order valence-electron chi connectivity index (χ0n) is 13.4. The van der Waals surface area contributed by atoms with E-state index in [2.05, 4.69) is 20.4 Å². The molecule has 1 fully saturated rings. The minimum absolute atomic E-state index is 0.0242. The number of nitrogens with zero attached hydrogens (tertiary/aromatic N) is 4. The predicted octanol–water partition coefficient (Wildman–Crippen LogP) is 1.15. The molecule has 0 unspecified atom stereocenters. The van der Waals surface area contributed by atoms with Crippen LogP contribution in [0, 0.1) is 5.92 Å². The summed E-state index contributed by atoms with van der Waals surface area (Å²) in [6.45, 7) is 0. The number of rotatable bonds is 6. The molecular formula is C15H21N5O3. The first-order chi connectivity index (χ1) is 11.1. The van der Waals surface area contributed by atoms with Crippen LogP contribution in [0.1, 0.15) is 24.4 Å². The van der Waals surface area contributed by atoms with E-state index >= 15 is 0 Å². The second-order valence-electron chi connectivity index (χ2n) is 5.73. The molecule has 0 bridgehead atoms. The fraction of sp³-hybridized carbons (Fsp3) is 0.533. The number of aliphatic hydroxyl groups is 1. The summed E-state index contributed by atoms with van der Waals surface area (Å²) in [6.07, 6.45) is 5.03. The number of methoxy groups -OCH3 is 2. The predicted molar refractivity (Wildman–Crippen MR) is 83.4 cm³/mol. The molecule has 0 aromatic carbocycles. The Labute approximate surface area is 134 Å². The monoisotopic (exact) mass is 319 g/mol. The van der Waals surface area contributed by atoms with Gasteiger partial charge in [-0.3, -0.25) is 4.68 Å². The minimum atomic E-state index is -0.235. The molecule has 0 radical (unpaired) electrons. The van der Waals surface area contributed by atoms with Crippen molar-refractivity contribution in [2.75, 3.05) is 19.5 Å². The van der Waals surface area contributed by atoms with E-state index in [1.54, 1.807) is 25.0 Å². The van der Waals surface area contributed by atoms with Crippen LogP contribution in [0.5, 0.6) is 11.8 Å². The van der Waals surface area contributed by atoms with Crippen molar-refractivity contribution in [2.24, 2.45) is 13.0 Å². The largest absolute Gasteiger partial charge is 0.481 e. The van der Waals surface area contributed by atoms with Crippen LogP contribution >= 0.6 is 0 Å². The first-order valence-corrected chi connectivity index (χ1v) is 7.49. The molecule has 1 aliphatic carbocycles. The van der Waals surface area contributed by atoms with Crippen molar-refractivity contribution in [1.82, 2.24) is 19.7 Å². The van der Waals surface area contributed by atoms with Crippen LogP contribution in [-0.2, 0) is 7.05 Å². The number of aryl methyl sites for hydroxylation is 1. The Hall–Kier alpha value is -2.35. The van der Waals surface area contributed by atoms with Crippen LogP contribution < -0.4 is 14.8 Å². The third kappa shape index (κ3) is 3.37. The van der Waals surface area contributed by atoms with Gasteiger partial charge in [0.25, 0.3) is 0 Å². The number of aliphatic hydroxyl groups excluding tert-OH is 1. The van der Waals surface area contributed by atoms with E-state index < -0.39 is 0 Å². The lowest BCUT2D eigenvalue weighted by Gasteiger charge is -2.37. The molecule has 0 spiro atoms. The molecule has 1 atom stereocenters. The van der Waals surface area contributed by atoms with E-state index in [-0.39, 0.29) is 12.1 Å². The van der Waals surface area contributed by atoms with Crippen LogP contribution in [0.3, 0.4) is 0 Å². The van der Waals surface area contributed by atoms with Gasteiger partial charge in [-0.15, -0.1) is 0 Å². The molecule has 2 aromatic heterocycles. The topological polar surface area (TPSA) is 94.3 Å². The van der Waals surface area contributed by atoms with Crippen LogP contribution in [0.4, 0.5) is 5.95 Å². The van der Waals surface area contributed by atoms with Crippen molar-refractivity contribution >= 4 is 5.95 Å². The van der Waals surface area contributed by atoms with Crippen molar-refractivity contribution in [3.8, 4) is 11.8 Å². The average molecular weight is 319 g/mol. The van der Waals surface area contributed by atoms with Crippen LogP contribution in [0.2, 0.25) is 0 Å². The lowest BCUT2D eigenvalue weighted by molar-refractivity contribution is 0.0338. The Kier molecular flexibility index (Phi) is 4.33. The summed E-state index contributed by atoms with van der Waals surface area (Å²) >= 11 is 0. The van der Waals surface area contributed by atoms with E-state index in [0.717, 1.165) is 18.4 Å². The maximum atomic E-state index is 9.63. The highest BCUT2D eigenvalue weighted by molar-refractivity contribution is 5.37. The van der Waals surface area contributed by atoms with E-state index in [1.807, 2.05) is 19.4 Å². The summed E-state index contributed by atoms with van der Waals surface area (Å²) in [5.41, 5.74) is 1.04. The molecule has 23 heavy (non-hydrogen) atoms. The SMILES string of the molecule is COc1cc(OC)nc(N[C@@H](c2cnn(C)c2)C2CC(O)C2)n1. The second-order valence-corrected chi connectivity index (χ2v) is 5.73. The quantitative estimate of drug-likeness (QED) is 0.825. The Bertz CT molecular complexity index is 647. The minimum Gasteiger partial charge on any atom is -0.481 e. The summed E-state index contributed by atoms with van der Waals surface area (Å²) < 4.78 is 12.1. The summed E-state index contributed by atoms with van der Waals surface area (Å²) in [4.78, 5) is 8.64. The van der Waals surface area contributed by atoms with E-state index in [4.69, 9.17) is 9.47 Å². The van der Waals surface area contributed by atoms with E-state index in [1.165, 1.54) is 0 Å². The number of hydrogen-bond donors (Lipinski definition) is 2. The highest BCUT2D eigenvalue weighted by atomic mass is 16.5. The van der Waals surface area contributed by atoms with Crippen molar-refractivity contribution in [3.05, 3.63) is 24.0 Å². The summed E-state index contributed by atoms with van der Waals surface area (Å²) in [6, 6.07) is 1.60. The highest BCUT2D eigenvalue weighted by Gasteiger charge is 2.36. The van der Waals surface area contributed by atoms with Gasteiger partial charge in [-0.05, 0) is 18.8 Å². The van der Waals surface area contributed by atoms with Crippen molar-refractivity contribution in [3.63, 3.8) is 0 Å². The van der Waals surface area contributed by atoms with Gasteiger partial charge in [0.2, 0.25) is 17.7 Å². The maximum absolute atomic E-state index is 9.63. The molecular weight excluding hydrogens is 298 g/mol. The van der Waals surface area contributed by atoms with Gasteiger partial charge in [-0.1, -0.05) is 0 Å². The summed E-state index contributed by atoms with van der Waals surface area (Å²) in [5, 5.41) is 17.2. The Morgan fingerprint density at radius 1 is 1.26 bits per heavy atom. The Morgan fingerprint density at radius 3 is 2.39 bits per heavy atom. The molecule has 1 saturated carbocycles. The normalized spacial score (nSPS) is 21.4. The van der Waals surface area contributed by atoms with Gasteiger partial charge in [0, 0.05) is 18.8 Å². The molecule has 3 rings (SSSR count). The van der Waals surface area contributed by atoms with Crippen molar-refractivity contribution in [2.45, 2.75) is 25.0 Å². The van der Waals surface area contributed by atoms with E-state index in [0.29, 0.717) is 23.6 Å². The highest BCUT2D eigenvalue weighted by Crippen LogP contribution is 2.39. The summed E-state index contributed by atoms with van der Waals surface area (Å²) in [5.74, 6) is 1.59. The molecule has 0 aliphatic heterocycles. The molecule has 8 heteroatoms.